The number of hydrogen-bond donors (Lipinski definition) is 0. The van der Waals surface area contributed by atoms with Crippen LogP contribution in [0.1, 0.15) is 23.6 Å². The normalized spacial score (nSPS) is 14.6. The topological polar surface area (TPSA) is 0 Å². The lowest BCUT2D eigenvalue weighted by atomic mass is 9.74. The van der Waals surface area contributed by atoms with Gasteiger partial charge < -0.3 is 0 Å². The summed E-state index contributed by atoms with van der Waals surface area (Å²) in [5.41, 5.74) is 6.70. The molecule has 0 saturated heterocycles. The third-order valence-corrected chi connectivity index (χ3v) is 5.33. The first-order chi connectivity index (χ1) is 10.2. The molecular weight excluding hydrogens is 320 g/mol. The summed E-state index contributed by atoms with van der Waals surface area (Å²) in [6.07, 6.45) is 0. The lowest BCUT2D eigenvalue weighted by molar-refractivity contribution is 0.710. The molecule has 3 aromatic rings. The summed E-state index contributed by atoms with van der Waals surface area (Å²) in [4.78, 5) is 0. The molecule has 0 nitrogen and oxygen atoms in total. The van der Waals surface area contributed by atoms with Gasteiger partial charge in [-0.05, 0) is 40.8 Å². The number of fused-ring (bicyclic) bond motifs is 3. The van der Waals surface area contributed by atoms with Crippen molar-refractivity contribution in [2.75, 3.05) is 0 Å². The number of rotatable bonds is 1. The van der Waals surface area contributed by atoms with Crippen LogP contribution in [0.25, 0.3) is 11.1 Å². The molecule has 0 N–H and O–H groups in total. The fourth-order valence-corrected chi connectivity index (χ4v) is 4.29. The number of hydrogen-bond acceptors (Lipinski definition) is 0. The minimum atomic E-state index is -0.104. The zero-order valence-electron chi connectivity index (χ0n) is 11.8. The Labute approximate surface area is 133 Å². The van der Waals surface area contributed by atoms with E-state index in [1.807, 2.05) is 0 Å². The summed E-state index contributed by atoms with van der Waals surface area (Å²) < 4.78 is 1.17. The Hall–Kier alpha value is -1.86. The van der Waals surface area contributed by atoms with Crippen molar-refractivity contribution < 1.29 is 0 Å². The van der Waals surface area contributed by atoms with Crippen molar-refractivity contribution in [2.45, 2.75) is 12.3 Å². The monoisotopic (exact) mass is 334 g/mol. The molecule has 0 spiro atoms. The molecule has 0 aliphatic heterocycles. The van der Waals surface area contributed by atoms with Crippen LogP contribution in [0.2, 0.25) is 0 Å². The van der Waals surface area contributed by atoms with Gasteiger partial charge in [0.1, 0.15) is 0 Å². The van der Waals surface area contributed by atoms with Crippen molar-refractivity contribution in [3.8, 4) is 11.1 Å². The third-order valence-electron chi connectivity index (χ3n) is 4.63. The summed E-state index contributed by atoms with van der Waals surface area (Å²) >= 11 is 3.75. The lowest BCUT2D eigenvalue weighted by Crippen LogP contribution is -2.22. The van der Waals surface area contributed by atoms with Crippen molar-refractivity contribution in [1.82, 2.24) is 0 Å². The number of benzene rings is 3. The highest BCUT2D eigenvalue weighted by Gasteiger charge is 2.41. The van der Waals surface area contributed by atoms with Crippen LogP contribution in [-0.2, 0) is 5.41 Å². The van der Waals surface area contributed by atoms with Crippen molar-refractivity contribution in [3.63, 3.8) is 0 Å². The predicted octanol–water partition coefficient (Wildman–Crippen LogP) is 5.78. The fraction of sp³-hybridized carbons (Fsp3) is 0.100. The van der Waals surface area contributed by atoms with E-state index >= 15 is 0 Å². The van der Waals surface area contributed by atoms with E-state index in [1.165, 1.54) is 32.3 Å². The second-order valence-corrected chi connectivity index (χ2v) is 6.55. The maximum atomic E-state index is 3.75. The second kappa shape index (κ2) is 4.57. The van der Waals surface area contributed by atoms with Crippen LogP contribution >= 0.6 is 15.9 Å². The first-order valence-corrected chi connectivity index (χ1v) is 7.96. The van der Waals surface area contributed by atoms with Gasteiger partial charge in [0.05, 0.1) is 0 Å². The average molecular weight is 335 g/mol. The highest BCUT2D eigenvalue weighted by Crippen LogP contribution is 2.53. The average Bonchev–Trinajstić information content (AvgIpc) is 2.79. The Balaban J connectivity index is 2.12. The van der Waals surface area contributed by atoms with Crippen LogP contribution < -0.4 is 0 Å². The molecule has 102 valence electrons. The van der Waals surface area contributed by atoms with E-state index in [2.05, 4.69) is 95.7 Å². The molecule has 0 bridgehead atoms. The van der Waals surface area contributed by atoms with Crippen LogP contribution in [0.5, 0.6) is 0 Å². The Morgan fingerprint density at radius 3 is 1.57 bits per heavy atom. The molecule has 1 aliphatic carbocycles. The van der Waals surface area contributed by atoms with Gasteiger partial charge >= 0.3 is 0 Å². The minimum absolute atomic E-state index is 0.104. The van der Waals surface area contributed by atoms with Gasteiger partial charge in [0.2, 0.25) is 0 Å². The van der Waals surface area contributed by atoms with E-state index in [1.54, 1.807) is 0 Å². The van der Waals surface area contributed by atoms with Crippen LogP contribution in [0.3, 0.4) is 0 Å². The highest BCUT2D eigenvalue weighted by molar-refractivity contribution is 9.10. The Bertz CT molecular complexity index is 787. The van der Waals surface area contributed by atoms with Crippen molar-refractivity contribution in [3.05, 3.63) is 94.0 Å². The molecule has 0 aromatic heterocycles. The smallest absolute Gasteiger partial charge is 0.0446 e. The fourth-order valence-electron chi connectivity index (χ4n) is 3.61. The van der Waals surface area contributed by atoms with E-state index in [4.69, 9.17) is 0 Å². The van der Waals surface area contributed by atoms with Gasteiger partial charge in [0, 0.05) is 9.89 Å². The second-order valence-electron chi connectivity index (χ2n) is 5.70. The molecule has 21 heavy (non-hydrogen) atoms. The van der Waals surface area contributed by atoms with Crippen molar-refractivity contribution >= 4 is 15.9 Å². The van der Waals surface area contributed by atoms with Crippen LogP contribution in [0.4, 0.5) is 0 Å². The molecule has 4 rings (SSSR count). The number of halogens is 1. The summed E-state index contributed by atoms with van der Waals surface area (Å²) in [5, 5.41) is 0. The van der Waals surface area contributed by atoms with Crippen LogP contribution in [0.15, 0.2) is 77.3 Å². The SMILES string of the molecule is CC1(c2ccccc2Br)c2ccccc2-c2ccccc21. The molecule has 0 fully saturated rings. The molecule has 0 saturated carbocycles. The molecule has 0 heterocycles. The third kappa shape index (κ3) is 1.67. The summed E-state index contributed by atoms with van der Waals surface area (Å²) in [6, 6.07) is 26.1. The summed E-state index contributed by atoms with van der Waals surface area (Å²) in [7, 11) is 0. The maximum absolute atomic E-state index is 3.75. The summed E-state index contributed by atoms with van der Waals surface area (Å²) in [5.74, 6) is 0. The predicted molar refractivity (Wildman–Crippen MR) is 91.6 cm³/mol. The Morgan fingerprint density at radius 2 is 1.05 bits per heavy atom. The van der Waals surface area contributed by atoms with E-state index in [9.17, 15) is 0 Å². The first kappa shape index (κ1) is 12.8. The first-order valence-electron chi connectivity index (χ1n) is 7.17. The van der Waals surface area contributed by atoms with Crippen LogP contribution in [-0.4, -0.2) is 0 Å². The lowest BCUT2D eigenvalue weighted by Gasteiger charge is -2.29. The molecule has 3 aromatic carbocycles. The standard InChI is InChI=1S/C20H15Br/c1-20(18-12-6-7-13-19(18)21)16-10-4-2-8-14(16)15-9-3-5-11-17(15)20/h2-13H,1H3. The molecule has 0 amide bonds. The van der Waals surface area contributed by atoms with Gasteiger partial charge in [0.15, 0.2) is 0 Å². The molecule has 0 radical (unpaired) electrons. The van der Waals surface area contributed by atoms with Crippen molar-refractivity contribution in [2.24, 2.45) is 0 Å². The van der Waals surface area contributed by atoms with Gasteiger partial charge in [0.25, 0.3) is 0 Å². The molecule has 1 aliphatic rings. The maximum Gasteiger partial charge on any atom is 0.0446 e. The van der Waals surface area contributed by atoms with E-state index < -0.39 is 0 Å². The quantitative estimate of drug-likeness (QED) is 0.528. The van der Waals surface area contributed by atoms with Gasteiger partial charge in [-0.15, -0.1) is 0 Å². The zero-order valence-corrected chi connectivity index (χ0v) is 13.4. The van der Waals surface area contributed by atoms with Crippen LogP contribution in [0, 0.1) is 0 Å². The van der Waals surface area contributed by atoms with E-state index in [0.717, 1.165) is 0 Å². The Kier molecular flexibility index (Phi) is 2.80. The van der Waals surface area contributed by atoms with Gasteiger partial charge in [-0.25, -0.2) is 0 Å². The van der Waals surface area contributed by atoms with Gasteiger partial charge in [-0.3, -0.25) is 0 Å². The minimum Gasteiger partial charge on any atom is -0.0619 e. The molecular formula is C20H15Br. The zero-order chi connectivity index (χ0) is 14.4. The van der Waals surface area contributed by atoms with Gasteiger partial charge in [-0.1, -0.05) is 82.7 Å². The van der Waals surface area contributed by atoms with Gasteiger partial charge in [-0.2, -0.15) is 0 Å². The Morgan fingerprint density at radius 1 is 0.619 bits per heavy atom. The van der Waals surface area contributed by atoms with Crippen molar-refractivity contribution in [1.29, 1.82) is 0 Å². The molecule has 0 unspecified atom stereocenters. The molecule has 1 heteroatoms. The van der Waals surface area contributed by atoms with E-state index in [0.29, 0.717) is 0 Å². The largest absolute Gasteiger partial charge is 0.0619 e. The van der Waals surface area contributed by atoms with E-state index in [-0.39, 0.29) is 5.41 Å². The highest BCUT2D eigenvalue weighted by atomic mass is 79.9. The molecule has 0 atom stereocenters. The summed E-state index contributed by atoms with van der Waals surface area (Å²) in [6.45, 7) is 2.33.